The van der Waals surface area contributed by atoms with Crippen molar-refractivity contribution in [1.29, 1.82) is 0 Å². The summed E-state index contributed by atoms with van der Waals surface area (Å²) >= 11 is 12.1. The highest BCUT2D eigenvalue weighted by Crippen LogP contribution is 2.38. The zero-order valence-corrected chi connectivity index (χ0v) is 18.2. The Morgan fingerprint density at radius 1 is 1.30 bits per heavy atom. The highest BCUT2D eigenvalue weighted by Gasteiger charge is 2.31. The largest absolute Gasteiger partial charge is 0.441 e. The lowest BCUT2D eigenvalue weighted by Gasteiger charge is -2.18. The van der Waals surface area contributed by atoms with E-state index in [9.17, 15) is 4.79 Å². The molecule has 1 aliphatic carbocycles. The first-order valence-corrected chi connectivity index (χ1v) is 10.7. The topological polar surface area (TPSA) is 94.1 Å². The smallest absolute Gasteiger partial charge is 0.249 e. The maximum absolute atomic E-state index is 12.5. The second-order valence-electron chi connectivity index (χ2n) is 7.80. The van der Waals surface area contributed by atoms with Gasteiger partial charge in [0.25, 0.3) is 0 Å². The number of rotatable bonds is 8. The van der Waals surface area contributed by atoms with Crippen LogP contribution in [0.5, 0.6) is 0 Å². The van der Waals surface area contributed by atoms with Crippen molar-refractivity contribution >= 4 is 29.1 Å². The van der Waals surface area contributed by atoms with Crippen LogP contribution in [0.3, 0.4) is 0 Å². The van der Waals surface area contributed by atoms with Crippen LogP contribution in [0.25, 0.3) is 11.3 Å². The quantitative estimate of drug-likeness (QED) is 0.498. The molecule has 4 rings (SSSR count). The van der Waals surface area contributed by atoms with Crippen molar-refractivity contribution in [1.82, 2.24) is 20.4 Å². The van der Waals surface area contributed by atoms with Crippen LogP contribution in [0.1, 0.15) is 62.7 Å². The SMILES string of the molecule is CC(C)C(NC(=O)CCc1ncc(-c2ccc(Cl)cc2Cl)o1)c1nc(C2CC2)no1. The lowest BCUT2D eigenvalue weighted by atomic mass is 10.0. The molecule has 1 aliphatic rings. The second kappa shape index (κ2) is 8.78. The third kappa shape index (κ3) is 4.84. The molecule has 0 saturated heterocycles. The van der Waals surface area contributed by atoms with E-state index in [1.807, 2.05) is 13.8 Å². The van der Waals surface area contributed by atoms with E-state index in [2.05, 4.69) is 20.4 Å². The average molecular weight is 449 g/mol. The van der Waals surface area contributed by atoms with Gasteiger partial charge in [-0.15, -0.1) is 0 Å². The van der Waals surface area contributed by atoms with Crippen LogP contribution in [-0.4, -0.2) is 21.0 Å². The highest BCUT2D eigenvalue weighted by atomic mass is 35.5. The molecule has 30 heavy (non-hydrogen) atoms. The van der Waals surface area contributed by atoms with Crippen LogP contribution in [0.15, 0.2) is 33.3 Å². The number of oxazole rings is 1. The summed E-state index contributed by atoms with van der Waals surface area (Å²) in [6, 6.07) is 4.82. The molecule has 0 aliphatic heterocycles. The lowest BCUT2D eigenvalue weighted by Crippen LogP contribution is -2.32. The van der Waals surface area contributed by atoms with Gasteiger partial charge in [-0.1, -0.05) is 42.2 Å². The zero-order valence-electron chi connectivity index (χ0n) is 16.7. The highest BCUT2D eigenvalue weighted by molar-refractivity contribution is 6.36. The van der Waals surface area contributed by atoms with E-state index in [1.54, 1.807) is 24.4 Å². The van der Waals surface area contributed by atoms with Gasteiger partial charge < -0.3 is 14.3 Å². The Hall–Kier alpha value is -2.38. The number of halogens is 2. The summed E-state index contributed by atoms with van der Waals surface area (Å²) in [7, 11) is 0. The Balaban J connectivity index is 1.36. The molecule has 1 amide bonds. The van der Waals surface area contributed by atoms with Gasteiger partial charge >= 0.3 is 0 Å². The van der Waals surface area contributed by atoms with Crippen molar-refractivity contribution in [2.75, 3.05) is 0 Å². The van der Waals surface area contributed by atoms with Crippen molar-refractivity contribution < 1.29 is 13.7 Å². The van der Waals surface area contributed by atoms with Gasteiger partial charge in [0.05, 0.1) is 11.2 Å². The third-order valence-electron chi connectivity index (χ3n) is 4.97. The number of aromatic nitrogens is 3. The van der Waals surface area contributed by atoms with Gasteiger partial charge in [-0.3, -0.25) is 4.79 Å². The number of benzene rings is 1. The van der Waals surface area contributed by atoms with Crippen LogP contribution < -0.4 is 5.32 Å². The first-order chi connectivity index (χ1) is 14.4. The van der Waals surface area contributed by atoms with Crippen LogP contribution in [-0.2, 0) is 11.2 Å². The van der Waals surface area contributed by atoms with Crippen LogP contribution >= 0.6 is 23.2 Å². The predicted octanol–water partition coefficient (Wildman–Crippen LogP) is 5.35. The molecule has 0 spiro atoms. The summed E-state index contributed by atoms with van der Waals surface area (Å²) in [5.74, 6) is 2.56. The molecule has 3 aromatic rings. The number of hydrogen-bond acceptors (Lipinski definition) is 6. The molecule has 1 N–H and O–H groups in total. The molecule has 9 heteroatoms. The summed E-state index contributed by atoms with van der Waals surface area (Å²) in [5.41, 5.74) is 0.701. The molecule has 158 valence electrons. The number of nitrogens with one attached hydrogen (secondary N) is 1. The van der Waals surface area contributed by atoms with Crippen molar-refractivity contribution in [3.05, 3.63) is 52.0 Å². The predicted molar refractivity (Wildman–Crippen MR) is 112 cm³/mol. The van der Waals surface area contributed by atoms with Gasteiger partial charge in [-0.05, 0) is 37.0 Å². The minimum absolute atomic E-state index is 0.113. The molecule has 1 atom stereocenters. The zero-order chi connectivity index (χ0) is 21.3. The van der Waals surface area contributed by atoms with Crippen LogP contribution in [0, 0.1) is 5.92 Å². The summed E-state index contributed by atoms with van der Waals surface area (Å²) in [6.45, 7) is 4.00. The molecular formula is C21H22Cl2N4O3. The van der Waals surface area contributed by atoms with Crippen molar-refractivity contribution in [2.45, 2.75) is 51.5 Å². The number of amides is 1. The molecule has 1 aromatic carbocycles. The fourth-order valence-corrected chi connectivity index (χ4v) is 3.60. The second-order valence-corrected chi connectivity index (χ2v) is 8.64. The van der Waals surface area contributed by atoms with Gasteiger partial charge in [0.2, 0.25) is 11.8 Å². The van der Waals surface area contributed by atoms with Gasteiger partial charge in [-0.2, -0.15) is 4.98 Å². The first kappa shape index (κ1) is 20.9. The van der Waals surface area contributed by atoms with E-state index in [4.69, 9.17) is 32.1 Å². The molecule has 2 heterocycles. The molecular weight excluding hydrogens is 427 g/mol. The molecule has 1 saturated carbocycles. The van der Waals surface area contributed by atoms with Gasteiger partial charge in [0.1, 0.15) is 6.04 Å². The average Bonchev–Trinajstić information content (AvgIpc) is 3.24. The molecule has 1 fully saturated rings. The van der Waals surface area contributed by atoms with Gasteiger partial charge in [0, 0.05) is 29.3 Å². The summed E-state index contributed by atoms with van der Waals surface area (Å²) < 4.78 is 11.2. The standard InChI is InChI=1S/C21H22Cl2N4O3/c1-11(2)19(21-26-20(27-30-21)12-3-4-12)25-17(28)7-8-18-24-10-16(29-18)14-6-5-13(22)9-15(14)23/h5-6,9-12,19H,3-4,7-8H2,1-2H3,(H,25,28). The van der Waals surface area contributed by atoms with Crippen molar-refractivity contribution in [2.24, 2.45) is 5.92 Å². The van der Waals surface area contributed by atoms with Crippen molar-refractivity contribution in [3.8, 4) is 11.3 Å². The lowest BCUT2D eigenvalue weighted by molar-refractivity contribution is -0.122. The Morgan fingerprint density at radius 3 is 2.80 bits per heavy atom. The first-order valence-electron chi connectivity index (χ1n) is 9.93. The molecule has 7 nitrogen and oxygen atoms in total. The Bertz CT molecular complexity index is 1040. The summed E-state index contributed by atoms with van der Waals surface area (Å²) in [6.07, 6.45) is 4.37. The fourth-order valence-electron chi connectivity index (χ4n) is 3.10. The third-order valence-corrected chi connectivity index (χ3v) is 5.51. The Kier molecular flexibility index (Phi) is 6.11. The monoisotopic (exact) mass is 448 g/mol. The van der Waals surface area contributed by atoms with E-state index in [-0.39, 0.29) is 24.3 Å². The van der Waals surface area contributed by atoms with Crippen molar-refractivity contribution in [3.63, 3.8) is 0 Å². The maximum Gasteiger partial charge on any atom is 0.249 e. The number of nitrogens with zero attached hydrogens (tertiary/aromatic N) is 3. The van der Waals surface area contributed by atoms with Crippen LogP contribution in [0.4, 0.5) is 0 Å². The fraction of sp³-hybridized carbons (Fsp3) is 0.429. The van der Waals surface area contributed by atoms with Crippen LogP contribution in [0.2, 0.25) is 10.0 Å². The number of carbonyl (C=O) groups excluding carboxylic acids is 1. The minimum Gasteiger partial charge on any atom is -0.441 e. The molecule has 0 radical (unpaired) electrons. The van der Waals surface area contributed by atoms with Gasteiger partial charge in [0.15, 0.2) is 17.5 Å². The number of hydrogen-bond donors (Lipinski definition) is 1. The Labute approximate surface area is 184 Å². The minimum atomic E-state index is -0.328. The normalized spacial score (nSPS) is 14.8. The summed E-state index contributed by atoms with van der Waals surface area (Å²) in [5, 5.41) is 8.06. The number of aryl methyl sites for hydroxylation is 1. The van der Waals surface area contributed by atoms with E-state index in [0.29, 0.717) is 45.5 Å². The van der Waals surface area contributed by atoms with E-state index in [0.717, 1.165) is 18.7 Å². The number of carbonyl (C=O) groups is 1. The van der Waals surface area contributed by atoms with E-state index in [1.165, 1.54) is 0 Å². The molecule has 1 unspecified atom stereocenters. The molecule has 2 aromatic heterocycles. The molecule has 0 bridgehead atoms. The van der Waals surface area contributed by atoms with Gasteiger partial charge in [-0.25, -0.2) is 4.98 Å². The maximum atomic E-state index is 12.5. The van der Waals surface area contributed by atoms with E-state index < -0.39 is 0 Å². The summed E-state index contributed by atoms with van der Waals surface area (Å²) in [4.78, 5) is 21.2. The Morgan fingerprint density at radius 2 is 2.10 bits per heavy atom. The van der Waals surface area contributed by atoms with E-state index >= 15 is 0 Å².